The number of hydrogen-bond acceptors (Lipinski definition) is 3. The van der Waals surface area contributed by atoms with Crippen molar-refractivity contribution in [1.82, 2.24) is 0 Å². The average molecular weight is 231 g/mol. The van der Waals surface area contributed by atoms with Crippen LogP contribution in [0.2, 0.25) is 0 Å². The van der Waals surface area contributed by atoms with Crippen LogP contribution in [0.1, 0.15) is 32.6 Å². The highest BCUT2D eigenvalue weighted by molar-refractivity contribution is 7.99. The predicted octanol–water partition coefficient (Wildman–Crippen LogP) is 2.52. The predicted molar refractivity (Wildman–Crippen MR) is 68.3 cm³/mol. The molecule has 1 rings (SSSR count). The van der Waals surface area contributed by atoms with E-state index in [0.29, 0.717) is 0 Å². The molecule has 0 aliphatic heterocycles. The first-order chi connectivity index (χ1) is 7.27. The summed E-state index contributed by atoms with van der Waals surface area (Å²) in [7, 11) is 1.77. The van der Waals surface area contributed by atoms with E-state index >= 15 is 0 Å². The molecule has 0 saturated heterocycles. The second-order valence-electron chi connectivity index (χ2n) is 4.67. The van der Waals surface area contributed by atoms with Gasteiger partial charge in [0.05, 0.1) is 0 Å². The molecule has 1 fully saturated rings. The molecule has 0 aromatic heterocycles. The van der Waals surface area contributed by atoms with E-state index in [-0.39, 0.29) is 0 Å². The van der Waals surface area contributed by atoms with Gasteiger partial charge in [-0.25, -0.2) is 0 Å². The molecular formula is C12H25NOS. The van der Waals surface area contributed by atoms with Crippen LogP contribution in [0.3, 0.4) is 0 Å². The molecule has 3 atom stereocenters. The van der Waals surface area contributed by atoms with E-state index < -0.39 is 0 Å². The third-order valence-electron chi connectivity index (χ3n) is 3.32. The molecule has 0 aromatic carbocycles. The smallest absolute Gasteiger partial charge is 0.0470 e. The van der Waals surface area contributed by atoms with Crippen molar-refractivity contribution in [3.05, 3.63) is 0 Å². The Morgan fingerprint density at radius 3 is 2.87 bits per heavy atom. The highest BCUT2D eigenvalue weighted by Crippen LogP contribution is 2.36. The lowest BCUT2D eigenvalue weighted by Gasteiger charge is -2.33. The van der Waals surface area contributed by atoms with Crippen LogP contribution in [-0.4, -0.2) is 31.3 Å². The number of methoxy groups -OCH3 is 1. The van der Waals surface area contributed by atoms with Crippen molar-refractivity contribution in [3.63, 3.8) is 0 Å². The Bertz CT molecular complexity index is 166. The van der Waals surface area contributed by atoms with Gasteiger partial charge < -0.3 is 10.5 Å². The van der Waals surface area contributed by atoms with E-state index in [2.05, 4.69) is 18.7 Å². The van der Waals surface area contributed by atoms with Gasteiger partial charge in [-0.05, 0) is 43.4 Å². The lowest BCUT2D eigenvalue weighted by Crippen LogP contribution is -2.32. The monoisotopic (exact) mass is 231 g/mol. The Balaban J connectivity index is 2.22. The van der Waals surface area contributed by atoms with Crippen molar-refractivity contribution in [1.29, 1.82) is 0 Å². The fourth-order valence-electron chi connectivity index (χ4n) is 2.30. The molecule has 2 nitrogen and oxygen atoms in total. The van der Waals surface area contributed by atoms with Crippen LogP contribution in [0.25, 0.3) is 0 Å². The molecule has 0 aromatic rings. The van der Waals surface area contributed by atoms with Gasteiger partial charge in [-0.15, -0.1) is 0 Å². The summed E-state index contributed by atoms with van der Waals surface area (Å²) in [4.78, 5) is 0. The van der Waals surface area contributed by atoms with Gasteiger partial charge in [0, 0.05) is 19.0 Å². The van der Waals surface area contributed by atoms with E-state index in [9.17, 15) is 0 Å². The minimum Gasteiger partial charge on any atom is -0.385 e. The van der Waals surface area contributed by atoms with Crippen LogP contribution in [0.4, 0.5) is 0 Å². The molecule has 3 unspecified atom stereocenters. The second-order valence-corrected chi connectivity index (χ2v) is 6.02. The molecule has 1 saturated carbocycles. The van der Waals surface area contributed by atoms with Gasteiger partial charge in [0.2, 0.25) is 0 Å². The minimum absolute atomic E-state index is 0.758. The van der Waals surface area contributed by atoms with Crippen molar-refractivity contribution in [3.8, 4) is 0 Å². The maximum absolute atomic E-state index is 5.83. The fraction of sp³-hybridized carbons (Fsp3) is 1.00. The van der Waals surface area contributed by atoms with E-state index in [1.807, 2.05) is 0 Å². The first-order valence-corrected chi connectivity index (χ1v) is 7.13. The summed E-state index contributed by atoms with van der Waals surface area (Å²) in [6.07, 6.45) is 5.24. The number of ether oxygens (including phenoxy) is 1. The Morgan fingerprint density at radius 1 is 1.40 bits per heavy atom. The van der Waals surface area contributed by atoms with Crippen LogP contribution in [-0.2, 0) is 4.74 Å². The molecule has 1 aliphatic carbocycles. The molecule has 0 spiro atoms. The minimum atomic E-state index is 0.758. The normalized spacial score (nSPS) is 31.8. The molecule has 1 aliphatic rings. The number of nitrogens with two attached hydrogens (primary N) is 1. The zero-order valence-electron chi connectivity index (χ0n) is 10.1. The van der Waals surface area contributed by atoms with E-state index in [1.54, 1.807) is 7.11 Å². The van der Waals surface area contributed by atoms with Crippen LogP contribution in [0.15, 0.2) is 0 Å². The lowest BCUT2D eigenvalue weighted by atomic mass is 9.82. The zero-order chi connectivity index (χ0) is 11.1. The zero-order valence-corrected chi connectivity index (χ0v) is 10.9. The van der Waals surface area contributed by atoms with Crippen molar-refractivity contribution < 1.29 is 4.74 Å². The summed E-state index contributed by atoms with van der Waals surface area (Å²) in [5.41, 5.74) is 5.83. The quantitative estimate of drug-likeness (QED) is 0.713. The van der Waals surface area contributed by atoms with E-state index in [0.717, 1.165) is 30.2 Å². The Labute approximate surface area is 98.3 Å². The molecule has 0 amide bonds. The summed E-state index contributed by atoms with van der Waals surface area (Å²) >= 11 is 2.11. The summed E-state index contributed by atoms with van der Waals surface area (Å²) < 4.78 is 5.07. The number of rotatable bonds is 6. The first-order valence-electron chi connectivity index (χ1n) is 6.08. The molecule has 3 heteroatoms. The topological polar surface area (TPSA) is 35.2 Å². The Morgan fingerprint density at radius 2 is 2.20 bits per heavy atom. The van der Waals surface area contributed by atoms with Gasteiger partial charge in [-0.3, -0.25) is 0 Å². The van der Waals surface area contributed by atoms with Crippen LogP contribution in [0, 0.1) is 11.8 Å². The van der Waals surface area contributed by atoms with E-state index in [4.69, 9.17) is 10.5 Å². The summed E-state index contributed by atoms with van der Waals surface area (Å²) in [5, 5.41) is 0.801. The van der Waals surface area contributed by atoms with Crippen LogP contribution >= 0.6 is 11.8 Å². The highest BCUT2D eigenvalue weighted by atomic mass is 32.2. The van der Waals surface area contributed by atoms with Gasteiger partial charge in [0.1, 0.15) is 0 Å². The van der Waals surface area contributed by atoms with Gasteiger partial charge in [0.25, 0.3) is 0 Å². The molecule has 0 radical (unpaired) electrons. The largest absolute Gasteiger partial charge is 0.385 e. The highest BCUT2D eigenvalue weighted by Gasteiger charge is 2.27. The van der Waals surface area contributed by atoms with Crippen molar-refractivity contribution >= 4 is 11.8 Å². The summed E-state index contributed by atoms with van der Waals surface area (Å²) in [6, 6.07) is 0. The Hall–Kier alpha value is 0.270. The number of hydrogen-bond donors (Lipinski definition) is 1. The molecule has 90 valence electrons. The van der Waals surface area contributed by atoms with Crippen molar-refractivity contribution in [2.75, 3.05) is 26.0 Å². The maximum Gasteiger partial charge on any atom is 0.0470 e. The van der Waals surface area contributed by atoms with Gasteiger partial charge in [0.15, 0.2) is 0 Å². The fourth-order valence-corrected chi connectivity index (χ4v) is 3.87. The average Bonchev–Trinajstić information content (AvgIpc) is 2.25. The Kier molecular flexibility index (Phi) is 6.69. The summed E-state index contributed by atoms with van der Waals surface area (Å²) in [6.45, 7) is 4.13. The first kappa shape index (κ1) is 13.3. The molecule has 0 heterocycles. The molecule has 15 heavy (non-hydrogen) atoms. The molecule has 2 N–H and O–H groups in total. The molecular weight excluding hydrogens is 206 g/mol. The number of thioether (sulfide) groups is 1. The van der Waals surface area contributed by atoms with Gasteiger partial charge >= 0.3 is 0 Å². The summed E-state index contributed by atoms with van der Waals surface area (Å²) in [5.74, 6) is 2.88. The van der Waals surface area contributed by atoms with Gasteiger partial charge in [-0.2, -0.15) is 11.8 Å². The lowest BCUT2D eigenvalue weighted by molar-refractivity contribution is 0.200. The molecule has 0 bridgehead atoms. The third kappa shape index (κ3) is 4.75. The van der Waals surface area contributed by atoms with Crippen LogP contribution in [0.5, 0.6) is 0 Å². The second kappa shape index (κ2) is 7.53. The maximum atomic E-state index is 5.83. The van der Waals surface area contributed by atoms with E-state index in [1.165, 1.54) is 31.4 Å². The van der Waals surface area contributed by atoms with Gasteiger partial charge in [-0.1, -0.05) is 13.3 Å². The van der Waals surface area contributed by atoms with Crippen molar-refractivity contribution in [2.24, 2.45) is 17.6 Å². The van der Waals surface area contributed by atoms with Crippen molar-refractivity contribution in [2.45, 2.75) is 37.9 Å². The van der Waals surface area contributed by atoms with Crippen LogP contribution < -0.4 is 5.73 Å². The third-order valence-corrected chi connectivity index (χ3v) is 4.85. The SMILES string of the molecule is COCCCSC1CC(C)CCC1CN. The standard InChI is InChI=1S/C12H25NOS/c1-10-4-5-11(9-13)12(8-10)15-7-3-6-14-2/h10-12H,3-9,13H2,1-2H3.